The number of ether oxygens (including phenoxy) is 1. The van der Waals surface area contributed by atoms with Gasteiger partial charge >= 0.3 is 24.2 Å². The number of amides is 1. The van der Waals surface area contributed by atoms with E-state index in [1.54, 1.807) is 6.07 Å². The Balaban J connectivity index is 2.86. The maximum Gasteiger partial charge on any atom is 0.471 e. The van der Waals surface area contributed by atoms with Crippen molar-refractivity contribution in [2.45, 2.75) is 24.8 Å². The van der Waals surface area contributed by atoms with Gasteiger partial charge < -0.3 is 10.1 Å². The van der Waals surface area contributed by atoms with Gasteiger partial charge in [-0.25, -0.2) is 9.48 Å². The molecular formula is C16H13F6N3O4. The second kappa shape index (κ2) is 7.29. The standard InChI is InChI=1S/C16H13F6N3O4/c1-8-10(11(26)25(24-8)9-6-4-3-5-7-9)14(13(28)29-2,16(20,21)22)23-12(27)15(17,18)19/h3-7,24H,1-2H3,(H,23,27)/t14-/m1/s1. The van der Waals surface area contributed by atoms with E-state index in [0.717, 1.165) is 6.92 Å². The van der Waals surface area contributed by atoms with Crippen LogP contribution in [-0.4, -0.2) is 41.1 Å². The van der Waals surface area contributed by atoms with E-state index < -0.39 is 46.6 Å². The highest BCUT2D eigenvalue weighted by Crippen LogP contribution is 2.41. The molecule has 13 heteroatoms. The van der Waals surface area contributed by atoms with Gasteiger partial charge in [0.25, 0.3) is 11.1 Å². The monoisotopic (exact) mass is 425 g/mol. The van der Waals surface area contributed by atoms with Gasteiger partial charge in [-0.2, -0.15) is 26.3 Å². The van der Waals surface area contributed by atoms with Crippen molar-refractivity contribution < 1.29 is 40.7 Å². The molecule has 1 atom stereocenters. The zero-order valence-corrected chi connectivity index (χ0v) is 14.7. The van der Waals surface area contributed by atoms with Gasteiger partial charge in [0, 0.05) is 5.69 Å². The number of aromatic amines is 1. The highest BCUT2D eigenvalue weighted by molar-refractivity contribution is 5.92. The molecule has 1 aromatic heterocycles. The molecule has 0 saturated carbocycles. The Morgan fingerprint density at radius 3 is 2.07 bits per heavy atom. The largest absolute Gasteiger partial charge is 0.471 e. The second-order valence-electron chi connectivity index (χ2n) is 5.78. The number of hydrogen-bond acceptors (Lipinski definition) is 4. The van der Waals surface area contributed by atoms with Gasteiger partial charge in [-0.15, -0.1) is 0 Å². The van der Waals surface area contributed by atoms with Gasteiger partial charge in [0.05, 0.1) is 18.4 Å². The topological polar surface area (TPSA) is 93.2 Å². The predicted octanol–water partition coefficient (Wildman–Crippen LogP) is 2.08. The minimum atomic E-state index is -5.86. The first-order valence-corrected chi connectivity index (χ1v) is 7.69. The third-order valence-electron chi connectivity index (χ3n) is 3.94. The minimum absolute atomic E-state index is 0.0370. The maximum atomic E-state index is 14.0. The van der Waals surface area contributed by atoms with Crippen LogP contribution in [0, 0.1) is 6.92 Å². The second-order valence-corrected chi connectivity index (χ2v) is 5.78. The molecule has 2 rings (SSSR count). The Hall–Kier alpha value is -3.25. The van der Waals surface area contributed by atoms with E-state index in [4.69, 9.17) is 0 Å². The first-order chi connectivity index (χ1) is 13.3. The van der Waals surface area contributed by atoms with Crippen LogP contribution in [0.2, 0.25) is 0 Å². The number of H-pyrrole nitrogens is 1. The molecule has 2 aromatic rings. The number of aromatic nitrogens is 2. The van der Waals surface area contributed by atoms with E-state index in [9.17, 15) is 40.7 Å². The fraction of sp³-hybridized carbons (Fsp3) is 0.312. The molecular weight excluding hydrogens is 412 g/mol. The van der Waals surface area contributed by atoms with E-state index in [1.807, 2.05) is 0 Å². The lowest BCUT2D eigenvalue weighted by atomic mass is 9.88. The Morgan fingerprint density at radius 1 is 1.07 bits per heavy atom. The van der Waals surface area contributed by atoms with Crippen molar-refractivity contribution in [3.05, 3.63) is 51.9 Å². The molecule has 0 saturated heterocycles. The van der Waals surface area contributed by atoms with Crippen LogP contribution >= 0.6 is 0 Å². The smallest absolute Gasteiger partial charge is 0.467 e. The van der Waals surface area contributed by atoms with Crippen molar-refractivity contribution in [2.24, 2.45) is 0 Å². The fourth-order valence-electron chi connectivity index (χ4n) is 2.69. The number of carbonyl (C=O) groups excluding carboxylic acids is 2. The molecule has 0 unspecified atom stereocenters. The number of halogens is 6. The number of rotatable bonds is 4. The highest BCUT2D eigenvalue weighted by Gasteiger charge is 2.68. The Bertz CT molecular complexity index is 977. The highest BCUT2D eigenvalue weighted by atomic mass is 19.4. The number of esters is 1. The average Bonchev–Trinajstić information content (AvgIpc) is 2.92. The van der Waals surface area contributed by atoms with Crippen LogP contribution in [0.25, 0.3) is 5.69 Å². The van der Waals surface area contributed by atoms with E-state index in [-0.39, 0.29) is 5.69 Å². The third kappa shape index (κ3) is 3.71. The summed E-state index contributed by atoms with van der Waals surface area (Å²) in [7, 11) is 0.473. The first-order valence-electron chi connectivity index (χ1n) is 7.69. The molecule has 0 fully saturated rings. The van der Waals surface area contributed by atoms with Crippen LogP contribution in [0.1, 0.15) is 11.3 Å². The van der Waals surface area contributed by atoms with Crippen LogP contribution in [0.4, 0.5) is 26.3 Å². The number of nitrogens with one attached hydrogen (secondary N) is 2. The minimum Gasteiger partial charge on any atom is -0.467 e. The first kappa shape index (κ1) is 22.0. The van der Waals surface area contributed by atoms with E-state index >= 15 is 0 Å². The van der Waals surface area contributed by atoms with Gasteiger partial charge in [-0.1, -0.05) is 18.2 Å². The van der Waals surface area contributed by atoms with Crippen LogP contribution in [0.15, 0.2) is 35.1 Å². The zero-order chi connectivity index (χ0) is 22.2. The number of benzene rings is 1. The molecule has 2 N–H and O–H groups in total. The predicted molar refractivity (Wildman–Crippen MR) is 85.1 cm³/mol. The van der Waals surface area contributed by atoms with Gasteiger partial charge in [0.2, 0.25) is 0 Å². The summed E-state index contributed by atoms with van der Waals surface area (Å²) >= 11 is 0. The Kier molecular flexibility index (Phi) is 5.54. The SMILES string of the molecule is COC(=O)[C@](NC(=O)C(F)(F)F)(c1c(C)[nH]n(-c2ccccc2)c1=O)C(F)(F)F. The number of hydrogen-bond donors (Lipinski definition) is 2. The van der Waals surface area contributed by atoms with Crippen molar-refractivity contribution in [3.8, 4) is 5.69 Å². The molecule has 0 aliphatic carbocycles. The van der Waals surface area contributed by atoms with Crippen LogP contribution < -0.4 is 10.9 Å². The molecule has 1 aromatic carbocycles. The van der Waals surface area contributed by atoms with Crippen molar-refractivity contribution >= 4 is 11.9 Å². The lowest BCUT2D eigenvalue weighted by molar-refractivity contribution is -0.223. The molecule has 7 nitrogen and oxygen atoms in total. The van der Waals surface area contributed by atoms with Gasteiger partial charge in [-0.3, -0.25) is 14.7 Å². The molecule has 158 valence electrons. The van der Waals surface area contributed by atoms with Crippen molar-refractivity contribution in [2.75, 3.05) is 7.11 Å². The molecule has 29 heavy (non-hydrogen) atoms. The quantitative estimate of drug-likeness (QED) is 0.580. The number of carbonyl (C=O) groups is 2. The fourth-order valence-corrected chi connectivity index (χ4v) is 2.69. The summed E-state index contributed by atoms with van der Waals surface area (Å²) in [6.45, 7) is 0.930. The van der Waals surface area contributed by atoms with Crippen molar-refractivity contribution in [1.82, 2.24) is 15.1 Å². The van der Waals surface area contributed by atoms with Crippen LogP contribution in [0.3, 0.4) is 0 Å². The van der Waals surface area contributed by atoms with Crippen LogP contribution in [0.5, 0.6) is 0 Å². The normalized spacial score (nSPS) is 14.2. The summed E-state index contributed by atoms with van der Waals surface area (Å²) in [5.74, 6) is -5.39. The van der Waals surface area contributed by atoms with E-state index in [0.29, 0.717) is 17.1 Å². The summed E-state index contributed by atoms with van der Waals surface area (Å²) in [6, 6.07) is 7.08. The summed E-state index contributed by atoms with van der Waals surface area (Å²) in [5.41, 5.74) is -7.93. The molecule has 0 bridgehead atoms. The summed E-state index contributed by atoms with van der Waals surface area (Å²) in [5, 5.41) is 2.89. The number of aryl methyl sites for hydroxylation is 1. The van der Waals surface area contributed by atoms with E-state index in [2.05, 4.69) is 9.84 Å². The van der Waals surface area contributed by atoms with Crippen molar-refractivity contribution in [1.29, 1.82) is 0 Å². The molecule has 1 amide bonds. The molecule has 0 spiro atoms. The maximum absolute atomic E-state index is 14.0. The molecule has 0 aliphatic heterocycles. The molecule has 0 aliphatic rings. The van der Waals surface area contributed by atoms with Gasteiger partial charge in [0.15, 0.2) is 0 Å². The summed E-state index contributed by atoms with van der Waals surface area (Å²) in [4.78, 5) is 36.2. The van der Waals surface area contributed by atoms with Crippen LogP contribution in [-0.2, 0) is 19.9 Å². The average molecular weight is 425 g/mol. The molecule has 0 radical (unpaired) electrons. The molecule has 1 heterocycles. The summed E-state index contributed by atoms with van der Waals surface area (Å²) in [6.07, 6.45) is -11.6. The summed E-state index contributed by atoms with van der Waals surface area (Å²) < 4.78 is 84.6. The third-order valence-corrected chi connectivity index (χ3v) is 3.94. The van der Waals surface area contributed by atoms with E-state index in [1.165, 1.54) is 24.3 Å². The number of para-hydroxylation sites is 1. The Morgan fingerprint density at radius 2 is 1.62 bits per heavy atom. The number of alkyl halides is 6. The van der Waals surface area contributed by atoms with Gasteiger partial charge in [0.1, 0.15) is 0 Å². The lowest BCUT2D eigenvalue weighted by Crippen LogP contribution is -2.65. The lowest BCUT2D eigenvalue weighted by Gasteiger charge is -2.33. The number of nitrogens with zero attached hydrogens (tertiary/aromatic N) is 1. The number of methoxy groups -OCH3 is 1. The zero-order valence-electron chi connectivity index (χ0n) is 14.7. The Labute approximate surface area is 158 Å². The van der Waals surface area contributed by atoms with Gasteiger partial charge in [-0.05, 0) is 19.1 Å². The van der Waals surface area contributed by atoms with Crippen molar-refractivity contribution in [3.63, 3.8) is 0 Å².